The van der Waals surface area contributed by atoms with Crippen LogP contribution in [-0.4, -0.2) is 14.8 Å². The summed E-state index contributed by atoms with van der Waals surface area (Å²) in [7, 11) is 1.89. The molecule has 0 saturated carbocycles. The smallest absolute Gasteiger partial charge is 0.0595 e. The molecule has 0 aliphatic rings. The van der Waals surface area contributed by atoms with Crippen LogP contribution in [-0.2, 0) is 13.6 Å². The van der Waals surface area contributed by atoms with Crippen molar-refractivity contribution in [1.29, 1.82) is 0 Å². The molecule has 0 spiro atoms. The maximum Gasteiger partial charge on any atom is 0.0595 e. The first-order valence-electron chi connectivity index (χ1n) is 4.44. The minimum Gasteiger partial charge on any atom is -0.325 e. The molecule has 0 fully saturated rings. The van der Waals surface area contributed by atoms with E-state index in [1.807, 2.05) is 31.6 Å². The van der Waals surface area contributed by atoms with Gasteiger partial charge in [-0.15, -0.1) is 0 Å². The van der Waals surface area contributed by atoms with Gasteiger partial charge >= 0.3 is 0 Å². The summed E-state index contributed by atoms with van der Waals surface area (Å²) in [6.45, 7) is 0.487. The van der Waals surface area contributed by atoms with Crippen LogP contribution in [0.2, 0.25) is 0 Å². The molecule has 4 heteroatoms. The third kappa shape index (κ3) is 1.40. The van der Waals surface area contributed by atoms with E-state index in [-0.39, 0.29) is 0 Å². The van der Waals surface area contributed by atoms with Crippen LogP contribution in [0.5, 0.6) is 0 Å². The molecule has 0 bridgehead atoms. The zero-order valence-electron chi connectivity index (χ0n) is 8.01. The maximum atomic E-state index is 5.65. The molecule has 2 N–H and O–H groups in total. The Hall–Kier alpha value is -1.68. The number of nitrogens with two attached hydrogens (primary N) is 1. The molecule has 0 amide bonds. The van der Waals surface area contributed by atoms with Gasteiger partial charge in [-0.05, 0) is 6.07 Å². The van der Waals surface area contributed by atoms with E-state index in [0.717, 1.165) is 16.8 Å². The summed E-state index contributed by atoms with van der Waals surface area (Å²) < 4.78 is 1.79. The number of hydrogen-bond acceptors (Lipinski definition) is 3. The summed E-state index contributed by atoms with van der Waals surface area (Å²) in [5, 5.41) is 4.17. The Bertz CT molecular complexity index is 419. The fourth-order valence-corrected chi connectivity index (χ4v) is 1.47. The van der Waals surface area contributed by atoms with Crippen molar-refractivity contribution in [2.45, 2.75) is 6.54 Å². The van der Waals surface area contributed by atoms with Crippen LogP contribution in [0.15, 0.2) is 30.7 Å². The van der Waals surface area contributed by atoms with Gasteiger partial charge < -0.3 is 5.73 Å². The van der Waals surface area contributed by atoms with Crippen LogP contribution < -0.4 is 5.73 Å². The molecule has 0 aliphatic heterocycles. The third-order valence-corrected chi connectivity index (χ3v) is 2.23. The molecular formula is C10H12N4. The molecule has 14 heavy (non-hydrogen) atoms. The van der Waals surface area contributed by atoms with Gasteiger partial charge in [0.05, 0.1) is 11.9 Å². The van der Waals surface area contributed by atoms with Crippen molar-refractivity contribution in [2.24, 2.45) is 12.8 Å². The van der Waals surface area contributed by atoms with E-state index in [9.17, 15) is 0 Å². The fourth-order valence-electron chi connectivity index (χ4n) is 1.47. The first kappa shape index (κ1) is 8.90. The summed E-state index contributed by atoms with van der Waals surface area (Å²) in [6, 6.07) is 3.91. The molecule has 0 unspecified atom stereocenters. The van der Waals surface area contributed by atoms with Crippen molar-refractivity contribution < 1.29 is 0 Å². The van der Waals surface area contributed by atoms with Crippen molar-refractivity contribution in [2.75, 3.05) is 0 Å². The van der Waals surface area contributed by atoms with Crippen molar-refractivity contribution >= 4 is 0 Å². The highest BCUT2D eigenvalue weighted by atomic mass is 15.3. The zero-order chi connectivity index (χ0) is 9.97. The number of nitrogens with zero attached hydrogens (tertiary/aromatic N) is 3. The summed E-state index contributed by atoms with van der Waals surface area (Å²) in [5.41, 5.74) is 8.79. The largest absolute Gasteiger partial charge is 0.325 e. The predicted octanol–water partition coefficient (Wildman–Crippen LogP) is 0.941. The SMILES string of the molecule is Cn1ncc(-c2cccnc2)c1CN. The Morgan fingerprint density at radius 2 is 2.29 bits per heavy atom. The Kier molecular flexibility index (Phi) is 2.28. The number of pyridine rings is 1. The van der Waals surface area contributed by atoms with E-state index in [4.69, 9.17) is 5.73 Å². The van der Waals surface area contributed by atoms with Gasteiger partial charge in [-0.25, -0.2) is 0 Å². The molecule has 0 saturated heterocycles. The average molecular weight is 188 g/mol. The van der Waals surface area contributed by atoms with E-state index in [0.29, 0.717) is 6.54 Å². The number of hydrogen-bond donors (Lipinski definition) is 1. The molecule has 4 nitrogen and oxygen atoms in total. The molecular weight excluding hydrogens is 176 g/mol. The molecule has 2 aromatic heterocycles. The second-order valence-electron chi connectivity index (χ2n) is 3.07. The number of rotatable bonds is 2. The van der Waals surface area contributed by atoms with Gasteiger partial charge in [0.15, 0.2) is 0 Å². The highest BCUT2D eigenvalue weighted by molar-refractivity contribution is 5.64. The van der Waals surface area contributed by atoms with Crippen LogP contribution in [0.25, 0.3) is 11.1 Å². The standard InChI is InChI=1S/C10H12N4/c1-14-10(5-11)9(7-13-14)8-3-2-4-12-6-8/h2-4,6-7H,5,11H2,1H3. The third-order valence-electron chi connectivity index (χ3n) is 2.23. The first-order valence-corrected chi connectivity index (χ1v) is 4.44. The Morgan fingerprint density at radius 3 is 2.93 bits per heavy atom. The van der Waals surface area contributed by atoms with Crippen LogP contribution in [0.4, 0.5) is 0 Å². The van der Waals surface area contributed by atoms with Gasteiger partial charge in [0.1, 0.15) is 0 Å². The first-order chi connectivity index (χ1) is 6.83. The van der Waals surface area contributed by atoms with Gasteiger partial charge in [0, 0.05) is 37.1 Å². The van der Waals surface area contributed by atoms with Crippen molar-refractivity contribution in [3.8, 4) is 11.1 Å². The molecule has 72 valence electrons. The van der Waals surface area contributed by atoms with Crippen molar-refractivity contribution in [3.05, 3.63) is 36.4 Å². The minimum atomic E-state index is 0.487. The monoisotopic (exact) mass is 188 g/mol. The number of aromatic nitrogens is 3. The Balaban J connectivity index is 2.52. The van der Waals surface area contributed by atoms with Crippen molar-refractivity contribution in [1.82, 2.24) is 14.8 Å². The molecule has 2 heterocycles. The highest BCUT2D eigenvalue weighted by Gasteiger charge is 2.08. The van der Waals surface area contributed by atoms with Gasteiger partial charge in [-0.1, -0.05) is 6.07 Å². The lowest BCUT2D eigenvalue weighted by molar-refractivity contribution is 0.713. The lowest BCUT2D eigenvalue weighted by Crippen LogP contribution is -2.05. The fraction of sp³-hybridized carbons (Fsp3) is 0.200. The molecule has 0 radical (unpaired) electrons. The predicted molar refractivity (Wildman–Crippen MR) is 54.3 cm³/mol. The summed E-state index contributed by atoms with van der Waals surface area (Å²) in [5.74, 6) is 0. The van der Waals surface area contributed by atoms with Gasteiger partial charge in [0.25, 0.3) is 0 Å². The summed E-state index contributed by atoms with van der Waals surface area (Å²) in [6.07, 6.45) is 5.39. The van der Waals surface area contributed by atoms with Crippen LogP contribution in [0.1, 0.15) is 5.69 Å². The zero-order valence-corrected chi connectivity index (χ0v) is 8.01. The normalized spacial score (nSPS) is 10.4. The maximum absolute atomic E-state index is 5.65. The second kappa shape index (κ2) is 3.59. The second-order valence-corrected chi connectivity index (χ2v) is 3.07. The van der Waals surface area contributed by atoms with Gasteiger partial charge in [-0.2, -0.15) is 5.10 Å². The molecule has 0 aliphatic carbocycles. The van der Waals surface area contributed by atoms with Crippen LogP contribution in [0.3, 0.4) is 0 Å². The quantitative estimate of drug-likeness (QED) is 0.763. The highest BCUT2D eigenvalue weighted by Crippen LogP contribution is 2.21. The molecule has 2 rings (SSSR count). The van der Waals surface area contributed by atoms with Crippen LogP contribution in [0, 0.1) is 0 Å². The number of aryl methyl sites for hydroxylation is 1. The molecule has 0 aromatic carbocycles. The van der Waals surface area contributed by atoms with E-state index < -0.39 is 0 Å². The van der Waals surface area contributed by atoms with Crippen LogP contribution >= 0.6 is 0 Å². The lowest BCUT2D eigenvalue weighted by Gasteiger charge is -2.02. The Morgan fingerprint density at radius 1 is 1.43 bits per heavy atom. The lowest BCUT2D eigenvalue weighted by atomic mass is 10.1. The van der Waals surface area contributed by atoms with E-state index in [1.54, 1.807) is 10.9 Å². The molecule has 0 atom stereocenters. The average Bonchev–Trinajstić information content (AvgIpc) is 2.61. The molecule has 2 aromatic rings. The van der Waals surface area contributed by atoms with E-state index >= 15 is 0 Å². The Labute approximate surface area is 82.4 Å². The van der Waals surface area contributed by atoms with Crippen molar-refractivity contribution in [3.63, 3.8) is 0 Å². The van der Waals surface area contributed by atoms with Gasteiger partial charge in [0.2, 0.25) is 0 Å². The summed E-state index contributed by atoms with van der Waals surface area (Å²) in [4.78, 5) is 4.07. The summed E-state index contributed by atoms with van der Waals surface area (Å²) >= 11 is 0. The van der Waals surface area contributed by atoms with E-state index in [1.165, 1.54) is 0 Å². The minimum absolute atomic E-state index is 0.487. The topological polar surface area (TPSA) is 56.7 Å². The van der Waals surface area contributed by atoms with Gasteiger partial charge in [-0.3, -0.25) is 9.67 Å². The van der Waals surface area contributed by atoms with E-state index in [2.05, 4.69) is 10.1 Å².